The standard InChI is InChI=1S/C23H21FN6O/c1-23(2,31)10-9-14-6-4-8-18-16(14)7-5-11-30(18)22-17-12-15(24)13-25-19(17)20-21(26-22)27-28-29(20)3/h4,6,8,12-13,31H,5,7,11H2,1-3H3. The number of aryl methyl sites for hydroxylation is 1. The average molecular weight is 416 g/mol. The summed E-state index contributed by atoms with van der Waals surface area (Å²) < 4.78 is 15.8. The normalized spacial score (nSPS) is 13.9. The van der Waals surface area contributed by atoms with Crippen LogP contribution in [-0.2, 0) is 13.5 Å². The number of benzene rings is 1. The number of aromatic nitrogens is 5. The minimum atomic E-state index is -1.07. The Morgan fingerprint density at radius 2 is 2.10 bits per heavy atom. The van der Waals surface area contributed by atoms with E-state index < -0.39 is 11.4 Å². The molecule has 0 aliphatic carbocycles. The van der Waals surface area contributed by atoms with Crippen molar-refractivity contribution in [3.63, 3.8) is 0 Å². The summed E-state index contributed by atoms with van der Waals surface area (Å²) in [5.41, 5.74) is 3.60. The molecule has 0 atom stereocenters. The first-order valence-corrected chi connectivity index (χ1v) is 10.1. The molecule has 0 saturated carbocycles. The molecule has 0 radical (unpaired) electrons. The van der Waals surface area contributed by atoms with Crippen LogP contribution in [0.4, 0.5) is 15.9 Å². The highest BCUT2D eigenvalue weighted by Crippen LogP contribution is 2.38. The summed E-state index contributed by atoms with van der Waals surface area (Å²) in [5, 5.41) is 18.9. The van der Waals surface area contributed by atoms with E-state index in [1.165, 1.54) is 12.3 Å². The van der Waals surface area contributed by atoms with Gasteiger partial charge in [0.05, 0.1) is 6.20 Å². The van der Waals surface area contributed by atoms with Crippen molar-refractivity contribution < 1.29 is 9.50 Å². The second kappa shape index (κ2) is 7.00. The first kappa shape index (κ1) is 19.4. The molecule has 31 heavy (non-hydrogen) atoms. The summed E-state index contributed by atoms with van der Waals surface area (Å²) in [6.07, 6.45) is 2.95. The Hall–Kier alpha value is -3.57. The smallest absolute Gasteiger partial charge is 0.206 e. The molecule has 5 rings (SSSR count). The fraction of sp³-hybridized carbons (Fsp3) is 0.304. The van der Waals surface area contributed by atoms with Gasteiger partial charge in [-0.25, -0.2) is 14.1 Å². The van der Waals surface area contributed by atoms with Crippen LogP contribution in [0.15, 0.2) is 30.5 Å². The summed E-state index contributed by atoms with van der Waals surface area (Å²) in [6, 6.07) is 7.38. The van der Waals surface area contributed by atoms with E-state index in [1.54, 1.807) is 25.6 Å². The molecular weight excluding hydrogens is 395 g/mol. The Balaban J connectivity index is 1.74. The fourth-order valence-electron chi connectivity index (χ4n) is 4.03. The van der Waals surface area contributed by atoms with Gasteiger partial charge in [0.25, 0.3) is 0 Å². The van der Waals surface area contributed by atoms with Crippen molar-refractivity contribution >= 4 is 33.6 Å². The van der Waals surface area contributed by atoms with Crippen LogP contribution in [-0.4, -0.2) is 42.2 Å². The minimum absolute atomic E-state index is 0.424. The number of anilines is 2. The second-order valence-corrected chi connectivity index (χ2v) is 8.24. The quantitative estimate of drug-likeness (QED) is 0.480. The third kappa shape index (κ3) is 3.37. The molecule has 0 spiro atoms. The molecule has 0 unspecified atom stereocenters. The van der Waals surface area contributed by atoms with Crippen LogP contribution in [0.25, 0.3) is 22.1 Å². The molecule has 4 heterocycles. The van der Waals surface area contributed by atoms with Gasteiger partial charge in [-0.15, -0.1) is 5.10 Å². The number of fused-ring (bicyclic) bond motifs is 4. The number of aliphatic hydroxyl groups is 1. The SMILES string of the molecule is Cn1nnc2nc(N3CCCc4c(C#CC(C)(C)O)cccc43)c3cc(F)cnc3c21. The lowest BCUT2D eigenvalue weighted by atomic mass is 9.95. The molecule has 4 aromatic rings. The third-order valence-corrected chi connectivity index (χ3v) is 5.35. The topological polar surface area (TPSA) is 80.0 Å². The van der Waals surface area contributed by atoms with E-state index in [2.05, 4.69) is 32.0 Å². The molecule has 1 aromatic carbocycles. The highest BCUT2D eigenvalue weighted by atomic mass is 19.1. The van der Waals surface area contributed by atoms with Crippen LogP contribution < -0.4 is 4.90 Å². The van der Waals surface area contributed by atoms with Crippen LogP contribution in [0.1, 0.15) is 31.4 Å². The Morgan fingerprint density at radius 3 is 2.90 bits per heavy atom. The van der Waals surface area contributed by atoms with E-state index in [0.29, 0.717) is 27.9 Å². The predicted octanol–water partition coefficient (Wildman–Crippen LogP) is 3.26. The zero-order valence-corrected chi connectivity index (χ0v) is 17.5. The number of pyridine rings is 2. The molecular formula is C23H21FN6O. The summed E-state index contributed by atoms with van der Waals surface area (Å²) in [4.78, 5) is 11.2. The number of hydrogen-bond acceptors (Lipinski definition) is 6. The largest absolute Gasteiger partial charge is 0.378 e. The van der Waals surface area contributed by atoms with E-state index >= 15 is 0 Å². The molecule has 1 N–H and O–H groups in total. The molecule has 3 aromatic heterocycles. The zero-order valence-electron chi connectivity index (χ0n) is 17.5. The Labute approximate surface area is 178 Å². The number of hydrogen-bond donors (Lipinski definition) is 1. The summed E-state index contributed by atoms with van der Waals surface area (Å²) in [5.74, 6) is 6.19. The third-order valence-electron chi connectivity index (χ3n) is 5.35. The lowest BCUT2D eigenvalue weighted by Crippen LogP contribution is -2.26. The van der Waals surface area contributed by atoms with Gasteiger partial charge < -0.3 is 10.0 Å². The van der Waals surface area contributed by atoms with Crippen molar-refractivity contribution in [2.45, 2.75) is 32.3 Å². The van der Waals surface area contributed by atoms with Crippen molar-refractivity contribution in [1.82, 2.24) is 25.0 Å². The summed E-state index contributed by atoms with van der Waals surface area (Å²) in [7, 11) is 1.77. The lowest BCUT2D eigenvalue weighted by Gasteiger charge is -2.31. The Kier molecular flexibility index (Phi) is 4.38. The lowest BCUT2D eigenvalue weighted by molar-refractivity contribution is 0.143. The molecule has 8 heteroatoms. The molecule has 7 nitrogen and oxygen atoms in total. The van der Waals surface area contributed by atoms with E-state index in [0.717, 1.165) is 36.2 Å². The van der Waals surface area contributed by atoms with Gasteiger partial charge in [0.2, 0.25) is 5.65 Å². The molecule has 0 fully saturated rings. The maximum atomic E-state index is 14.2. The molecule has 1 aliphatic heterocycles. The van der Waals surface area contributed by atoms with Crippen LogP contribution in [0.2, 0.25) is 0 Å². The first-order valence-electron chi connectivity index (χ1n) is 10.1. The van der Waals surface area contributed by atoms with Gasteiger partial charge in [-0.1, -0.05) is 23.1 Å². The zero-order chi connectivity index (χ0) is 21.8. The van der Waals surface area contributed by atoms with Crippen molar-refractivity contribution in [3.05, 3.63) is 47.4 Å². The van der Waals surface area contributed by atoms with E-state index in [-0.39, 0.29) is 0 Å². The minimum Gasteiger partial charge on any atom is -0.378 e. The van der Waals surface area contributed by atoms with Crippen molar-refractivity contribution in [2.75, 3.05) is 11.4 Å². The second-order valence-electron chi connectivity index (χ2n) is 8.24. The van der Waals surface area contributed by atoms with Gasteiger partial charge in [-0.05, 0) is 50.5 Å². The monoisotopic (exact) mass is 416 g/mol. The van der Waals surface area contributed by atoms with E-state index in [4.69, 9.17) is 4.98 Å². The van der Waals surface area contributed by atoms with Crippen molar-refractivity contribution in [2.24, 2.45) is 7.05 Å². The maximum Gasteiger partial charge on any atom is 0.206 e. The molecule has 0 saturated heterocycles. The Morgan fingerprint density at radius 1 is 1.26 bits per heavy atom. The summed E-state index contributed by atoms with van der Waals surface area (Å²) in [6.45, 7) is 4.05. The van der Waals surface area contributed by atoms with Crippen LogP contribution in [0.3, 0.4) is 0 Å². The molecule has 156 valence electrons. The van der Waals surface area contributed by atoms with Gasteiger partial charge in [-0.3, -0.25) is 4.98 Å². The molecule has 0 bridgehead atoms. The molecule has 1 aliphatic rings. The average Bonchev–Trinajstić information content (AvgIpc) is 3.11. The van der Waals surface area contributed by atoms with Gasteiger partial charge in [0.15, 0.2) is 0 Å². The highest BCUT2D eigenvalue weighted by molar-refractivity contribution is 6.06. The van der Waals surface area contributed by atoms with Crippen LogP contribution >= 0.6 is 0 Å². The number of rotatable bonds is 1. The predicted molar refractivity (Wildman–Crippen MR) is 117 cm³/mol. The van der Waals surface area contributed by atoms with Crippen LogP contribution in [0.5, 0.6) is 0 Å². The van der Waals surface area contributed by atoms with Crippen molar-refractivity contribution in [3.8, 4) is 11.8 Å². The van der Waals surface area contributed by atoms with Gasteiger partial charge in [-0.2, -0.15) is 0 Å². The molecule has 0 amide bonds. The number of halogens is 1. The Bertz CT molecular complexity index is 1390. The van der Waals surface area contributed by atoms with Crippen molar-refractivity contribution in [1.29, 1.82) is 0 Å². The highest BCUT2D eigenvalue weighted by Gasteiger charge is 2.25. The first-order chi connectivity index (χ1) is 14.8. The number of nitrogens with zero attached hydrogens (tertiary/aromatic N) is 6. The van der Waals surface area contributed by atoms with Gasteiger partial charge >= 0.3 is 0 Å². The van der Waals surface area contributed by atoms with E-state index in [9.17, 15) is 9.50 Å². The summed E-state index contributed by atoms with van der Waals surface area (Å²) >= 11 is 0. The maximum absolute atomic E-state index is 14.2. The van der Waals surface area contributed by atoms with E-state index in [1.807, 2.05) is 18.2 Å². The van der Waals surface area contributed by atoms with Gasteiger partial charge in [0, 0.05) is 30.2 Å². The van der Waals surface area contributed by atoms with Gasteiger partial charge in [0.1, 0.15) is 28.3 Å². The fourth-order valence-corrected chi connectivity index (χ4v) is 4.03. The van der Waals surface area contributed by atoms with Crippen LogP contribution in [0, 0.1) is 17.7 Å².